The first kappa shape index (κ1) is 31.8. The smallest absolute Gasteiger partial charge is 0.407 e. The number of sulfonamides is 1. The summed E-state index contributed by atoms with van der Waals surface area (Å²) < 4.78 is 38.1. The Labute approximate surface area is 253 Å². The standard InChI is InChI=1S/C32H39N3O7S/c1-23(2)42-28-19-26(18-27(20-28)35-15-9-10-16-43(35,39)40)31(37)34-29(17-24-11-5-3-6-12-24)30(36)21-33-32(38)41-22-25-13-7-4-8-14-25/h3-8,11-14,18-20,23,29-30,36H,9-10,15-17,21-22H2,1-2H3,(H,33,38)(H,34,37)/t29-,30+/m0/s1. The second-order valence-corrected chi connectivity index (χ2v) is 12.8. The molecule has 0 unspecified atom stereocenters. The highest BCUT2D eigenvalue weighted by Gasteiger charge is 2.28. The minimum atomic E-state index is -3.53. The molecule has 0 spiro atoms. The minimum absolute atomic E-state index is 0.0376. The number of amides is 2. The van der Waals surface area contributed by atoms with Gasteiger partial charge in [0.15, 0.2) is 0 Å². The van der Waals surface area contributed by atoms with E-state index >= 15 is 0 Å². The van der Waals surface area contributed by atoms with E-state index in [0.29, 0.717) is 30.8 Å². The maximum absolute atomic E-state index is 13.6. The SMILES string of the molecule is CC(C)Oc1cc(C(=O)N[C@@H](Cc2ccccc2)[C@H](O)CNC(=O)OCc2ccccc2)cc(N2CCCCS2(=O)=O)c1. The predicted octanol–water partition coefficient (Wildman–Crippen LogP) is 4.03. The summed E-state index contributed by atoms with van der Waals surface area (Å²) in [6.45, 7) is 3.91. The molecule has 43 heavy (non-hydrogen) atoms. The van der Waals surface area contributed by atoms with Crippen LogP contribution in [0, 0.1) is 0 Å². The molecule has 3 N–H and O–H groups in total. The molecule has 0 aromatic heterocycles. The maximum atomic E-state index is 13.6. The minimum Gasteiger partial charge on any atom is -0.491 e. The molecule has 3 aromatic rings. The molecule has 0 aliphatic carbocycles. The molecule has 0 bridgehead atoms. The van der Waals surface area contributed by atoms with E-state index in [0.717, 1.165) is 11.1 Å². The third kappa shape index (κ3) is 9.45. The number of alkyl carbamates (subject to hydrolysis) is 1. The van der Waals surface area contributed by atoms with Crippen molar-refractivity contribution in [3.8, 4) is 5.75 Å². The quantitative estimate of drug-likeness (QED) is 0.282. The van der Waals surface area contributed by atoms with Crippen molar-refractivity contribution < 1.29 is 32.6 Å². The summed E-state index contributed by atoms with van der Waals surface area (Å²) in [7, 11) is -3.53. The van der Waals surface area contributed by atoms with Gasteiger partial charge in [-0.15, -0.1) is 0 Å². The molecular weight excluding hydrogens is 570 g/mol. The molecule has 0 radical (unpaired) electrons. The van der Waals surface area contributed by atoms with Crippen molar-refractivity contribution in [3.63, 3.8) is 0 Å². The summed E-state index contributed by atoms with van der Waals surface area (Å²) >= 11 is 0. The Bertz CT molecular complexity index is 1470. The van der Waals surface area contributed by atoms with Gasteiger partial charge in [0.1, 0.15) is 12.4 Å². The van der Waals surface area contributed by atoms with Crippen molar-refractivity contribution in [2.45, 2.75) is 58.0 Å². The summed E-state index contributed by atoms with van der Waals surface area (Å²) in [6.07, 6.45) is -0.485. The van der Waals surface area contributed by atoms with Gasteiger partial charge < -0.3 is 25.2 Å². The molecule has 0 saturated carbocycles. The third-order valence-electron chi connectivity index (χ3n) is 6.91. The summed E-state index contributed by atoms with van der Waals surface area (Å²) in [6, 6.07) is 22.5. The van der Waals surface area contributed by atoms with Crippen LogP contribution in [-0.4, -0.2) is 62.6 Å². The highest BCUT2D eigenvalue weighted by Crippen LogP contribution is 2.29. The van der Waals surface area contributed by atoms with Gasteiger partial charge in [0, 0.05) is 24.7 Å². The highest BCUT2D eigenvalue weighted by molar-refractivity contribution is 7.92. The van der Waals surface area contributed by atoms with Crippen molar-refractivity contribution in [1.82, 2.24) is 10.6 Å². The Balaban J connectivity index is 1.51. The summed E-state index contributed by atoms with van der Waals surface area (Å²) in [5, 5.41) is 16.6. The van der Waals surface area contributed by atoms with Gasteiger partial charge in [-0.1, -0.05) is 60.7 Å². The molecule has 1 heterocycles. The number of carbonyl (C=O) groups excluding carboxylic acids is 2. The zero-order chi connectivity index (χ0) is 30.8. The number of aliphatic hydroxyl groups excluding tert-OH is 1. The normalized spacial score (nSPS) is 15.8. The van der Waals surface area contributed by atoms with Crippen molar-refractivity contribution in [2.75, 3.05) is 23.1 Å². The van der Waals surface area contributed by atoms with Gasteiger partial charge in [0.25, 0.3) is 5.91 Å². The van der Waals surface area contributed by atoms with Gasteiger partial charge in [-0.05, 0) is 56.4 Å². The maximum Gasteiger partial charge on any atom is 0.407 e. The van der Waals surface area contributed by atoms with Crippen molar-refractivity contribution in [1.29, 1.82) is 0 Å². The molecule has 1 aliphatic rings. The third-order valence-corrected chi connectivity index (χ3v) is 8.78. The Morgan fingerprint density at radius 2 is 1.63 bits per heavy atom. The fraction of sp³-hybridized carbons (Fsp3) is 0.375. The number of nitrogens with zero attached hydrogens (tertiary/aromatic N) is 1. The van der Waals surface area contributed by atoms with E-state index in [1.807, 2.05) is 74.5 Å². The van der Waals surface area contributed by atoms with Crippen molar-refractivity contribution in [3.05, 3.63) is 95.6 Å². The summed E-state index contributed by atoms with van der Waals surface area (Å²) in [5.41, 5.74) is 2.24. The molecular formula is C32H39N3O7S. The van der Waals surface area contributed by atoms with E-state index in [4.69, 9.17) is 9.47 Å². The van der Waals surface area contributed by atoms with Crippen LogP contribution >= 0.6 is 0 Å². The molecule has 1 saturated heterocycles. The van der Waals surface area contributed by atoms with E-state index in [9.17, 15) is 23.1 Å². The number of nitrogens with one attached hydrogen (secondary N) is 2. The Morgan fingerprint density at radius 3 is 2.28 bits per heavy atom. The topological polar surface area (TPSA) is 134 Å². The lowest BCUT2D eigenvalue weighted by Crippen LogP contribution is -2.49. The van der Waals surface area contributed by atoms with Gasteiger partial charge >= 0.3 is 6.09 Å². The first-order chi connectivity index (χ1) is 20.6. The van der Waals surface area contributed by atoms with Gasteiger partial charge in [0.2, 0.25) is 10.0 Å². The lowest BCUT2D eigenvalue weighted by atomic mass is 10.0. The number of hydrogen-bond acceptors (Lipinski definition) is 7. The van der Waals surface area contributed by atoms with E-state index in [-0.39, 0.29) is 37.0 Å². The fourth-order valence-electron chi connectivity index (χ4n) is 4.78. The van der Waals surface area contributed by atoms with Crippen LogP contribution in [0.2, 0.25) is 0 Å². The number of rotatable bonds is 12. The van der Waals surface area contributed by atoms with Crippen LogP contribution in [0.3, 0.4) is 0 Å². The summed E-state index contributed by atoms with van der Waals surface area (Å²) in [4.78, 5) is 25.9. The first-order valence-electron chi connectivity index (χ1n) is 14.4. The van der Waals surface area contributed by atoms with Gasteiger partial charge in [-0.3, -0.25) is 9.10 Å². The summed E-state index contributed by atoms with van der Waals surface area (Å²) in [5.74, 6) is -0.117. The Hall–Kier alpha value is -4.09. The molecule has 10 nitrogen and oxygen atoms in total. The van der Waals surface area contributed by atoms with E-state index in [1.54, 1.807) is 12.1 Å². The molecule has 11 heteroatoms. The van der Waals surface area contributed by atoms with Gasteiger partial charge in [-0.2, -0.15) is 0 Å². The average Bonchev–Trinajstić information content (AvgIpc) is 2.98. The Kier molecular flexibility index (Phi) is 11.0. The van der Waals surface area contributed by atoms with E-state index < -0.39 is 34.2 Å². The van der Waals surface area contributed by atoms with Gasteiger partial charge in [0.05, 0.1) is 29.7 Å². The Morgan fingerprint density at radius 1 is 0.953 bits per heavy atom. The van der Waals surface area contributed by atoms with Crippen LogP contribution in [0.4, 0.5) is 10.5 Å². The number of anilines is 1. The highest BCUT2D eigenvalue weighted by atomic mass is 32.2. The molecule has 2 amide bonds. The van der Waals surface area contributed by atoms with Crippen LogP contribution in [-0.2, 0) is 27.8 Å². The molecule has 230 valence electrons. The number of benzene rings is 3. The predicted molar refractivity (Wildman–Crippen MR) is 165 cm³/mol. The molecule has 2 atom stereocenters. The number of carbonyl (C=O) groups is 2. The lowest BCUT2D eigenvalue weighted by molar-refractivity contribution is 0.0817. The average molecular weight is 610 g/mol. The monoisotopic (exact) mass is 609 g/mol. The second kappa shape index (κ2) is 14.9. The van der Waals surface area contributed by atoms with Crippen molar-refractivity contribution in [2.24, 2.45) is 0 Å². The second-order valence-electron chi connectivity index (χ2n) is 10.8. The molecule has 3 aromatic carbocycles. The molecule has 1 fully saturated rings. The van der Waals surface area contributed by atoms with Crippen LogP contribution in [0.1, 0.15) is 48.2 Å². The number of ether oxygens (including phenoxy) is 2. The van der Waals surface area contributed by atoms with Crippen LogP contribution in [0.15, 0.2) is 78.9 Å². The molecule has 1 aliphatic heterocycles. The van der Waals surface area contributed by atoms with Crippen LogP contribution in [0.25, 0.3) is 0 Å². The lowest BCUT2D eigenvalue weighted by Gasteiger charge is -2.29. The van der Waals surface area contributed by atoms with Crippen LogP contribution < -0.4 is 19.7 Å². The fourth-order valence-corrected chi connectivity index (χ4v) is 6.41. The largest absolute Gasteiger partial charge is 0.491 e. The number of aliphatic hydroxyl groups is 1. The van der Waals surface area contributed by atoms with Crippen LogP contribution in [0.5, 0.6) is 5.75 Å². The van der Waals surface area contributed by atoms with E-state index in [2.05, 4.69) is 10.6 Å². The first-order valence-corrected chi connectivity index (χ1v) is 16.0. The zero-order valence-corrected chi connectivity index (χ0v) is 25.3. The van der Waals surface area contributed by atoms with Gasteiger partial charge in [-0.25, -0.2) is 13.2 Å². The molecule has 4 rings (SSSR count). The van der Waals surface area contributed by atoms with E-state index in [1.165, 1.54) is 10.4 Å². The number of hydrogen-bond donors (Lipinski definition) is 3. The van der Waals surface area contributed by atoms with Crippen molar-refractivity contribution >= 4 is 27.7 Å². The zero-order valence-electron chi connectivity index (χ0n) is 24.4.